The van der Waals surface area contributed by atoms with Gasteiger partial charge in [-0.3, -0.25) is 4.90 Å². The van der Waals surface area contributed by atoms with Gasteiger partial charge in [0.1, 0.15) is 5.75 Å². The van der Waals surface area contributed by atoms with Crippen molar-refractivity contribution in [2.45, 2.75) is 6.54 Å². The van der Waals surface area contributed by atoms with Gasteiger partial charge in [-0.1, -0.05) is 18.2 Å². The van der Waals surface area contributed by atoms with Crippen molar-refractivity contribution in [3.05, 3.63) is 29.8 Å². The molecule has 2 aliphatic rings. The fraction of sp³-hybridized carbons (Fsp3) is 0.571. The Labute approximate surface area is 103 Å². The smallest absolute Gasteiger partial charge is 0.123 e. The molecule has 0 spiro atoms. The predicted octanol–water partition coefficient (Wildman–Crippen LogP) is 1.33. The van der Waals surface area contributed by atoms with Crippen LogP contribution in [0.25, 0.3) is 0 Å². The van der Waals surface area contributed by atoms with E-state index >= 15 is 0 Å². The maximum Gasteiger partial charge on any atom is 0.123 e. The van der Waals surface area contributed by atoms with E-state index in [1.54, 1.807) is 7.11 Å². The van der Waals surface area contributed by atoms with E-state index in [0.29, 0.717) is 0 Å². The normalized spacial score (nSPS) is 31.3. The molecule has 1 aliphatic carbocycles. The average Bonchev–Trinajstić information content (AvgIpc) is 2.84. The lowest BCUT2D eigenvalue weighted by molar-refractivity contribution is 0.273. The molecule has 0 amide bonds. The third kappa shape index (κ3) is 1.94. The van der Waals surface area contributed by atoms with E-state index in [0.717, 1.165) is 36.6 Å². The van der Waals surface area contributed by atoms with Crippen LogP contribution < -0.4 is 10.5 Å². The van der Waals surface area contributed by atoms with Gasteiger partial charge >= 0.3 is 0 Å². The topological polar surface area (TPSA) is 38.5 Å². The summed E-state index contributed by atoms with van der Waals surface area (Å²) in [6, 6.07) is 8.30. The summed E-state index contributed by atoms with van der Waals surface area (Å²) in [5.74, 6) is 3.55. The zero-order valence-corrected chi connectivity index (χ0v) is 10.3. The number of nitrogens with two attached hydrogens (primary N) is 1. The second-order valence-electron chi connectivity index (χ2n) is 5.23. The molecule has 3 rings (SSSR count). The van der Waals surface area contributed by atoms with Crippen molar-refractivity contribution in [2.75, 3.05) is 26.7 Å². The molecule has 1 saturated carbocycles. The van der Waals surface area contributed by atoms with Crippen molar-refractivity contribution < 1.29 is 4.74 Å². The van der Waals surface area contributed by atoms with Gasteiger partial charge in [0.2, 0.25) is 0 Å². The number of hydrogen-bond acceptors (Lipinski definition) is 3. The highest BCUT2D eigenvalue weighted by atomic mass is 16.5. The Morgan fingerprint density at radius 1 is 1.29 bits per heavy atom. The van der Waals surface area contributed by atoms with Crippen LogP contribution >= 0.6 is 0 Å². The molecule has 2 unspecified atom stereocenters. The largest absolute Gasteiger partial charge is 0.496 e. The number of para-hydroxylation sites is 1. The van der Waals surface area contributed by atoms with Crippen molar-refractivity contribution in [3.63, 3.8) is 0 Å². The molecule has 2 fully saturated rings. The third-order valence-electron chi connectivity index (χ3n) is 4.31. The van der Waals surface area contributed by atoms with Crippen LogP contribution in [-0.2, 0) is 6.54 Å². The van der Waals surface area contributed by atoms with Gasteiger partial charge < -0.3 is 10.5 Å². The van der Waals surface area contributed by atoms with Crippen LogP contribution in [0.3, 0.4) is 0 Å². The lowest BCUT2D eigenvalue weighted by Gasteiger charge is -2.20. The first-order chi connectivity index (χ1) is 8.33. The standard InChI is InChI=1S/C14H20N2O/c1-17-14-5-3-2-4-10(14)7-16-8-12-11(6-15)13(12)9-16/h2-5,11-13H,6-9,15H2,1H3. The number of piperidine rings is 1. The number of ether oxygens (including phenoxy) is 1. The summed E-state index contributed by atoms with van der Waals surface area (Å²) in [5.41, 5.74) is 7.02. The maximum absolute atomic E-state index is 5.73. The van der Waals surface area contributed by atoms with Crippen LogP contribution in [0.15, 0.2) is 24.3 Å². The first-order valence-corrected chi connectivity index (χ1v) is 6.37. The summed E-state index contributed by atoms with van der Waals surface area (Å²) in [4.78, 5) is 2.53. The number of hydrogen-bond donors (Lipinski definition) is 1. The van der Waals surface area contributed by atoms with Gasteiger partial charge in [-0.25, -0.2) is 0 Å². The average molecular weight is 232 g/mol. The van der Waals surface area contributed by atoms with Crippen molar-refractivity contribution in [1.82, 2.24) is 4.90 Å². The molecule has 17 heavy (non-hydrogen) atoms. The molecule has 3 nitrogen and oxygen atoms in total. The number of rotatable bonds is 4. The Hall–Kier alpha value is -1.06. The molecular formula is C14H20N2O. The summed E-state index contributed by atoms with van der Waals surface area (Å²) >= 11 is 0. The van der Waals surface area contributed by atoms with E-state index in [4.69, 9.17) is 10.5 Å². The van der Waals surface area contributed by atoms with Gasteiger partial charge in [-0.05, 0) is 30.4 Å². The van der Waals surface area contributed by atoms with E-state index in [-0.39, 0.29) is 0 Å². The molecule has 92 valence electrons. The summed E-state index contributed by atoms with van der Waals surface area (Å²) in [6.07, 6.45) is 0. The second kappa shape index (κ2) is 4.31. The quantitative estimate of drug-likeness (QED) is 0.851. The van der Waals surface area contributed by atoms with Gasteiger partial charge in [-0.15, -0.1) is 0 Å². The summed E-state index contributed by atoms with van der Waals surface area (Å²) < 4.78 is 5.39. The van der Waals surface area contributed by atoms with Crippen molar-refractivity contribution >= 4 is 0 Å². The monoisotopic (exact) mass is 232 g/mol. The van der Waals surface area contributed by atoms with Crippen molar-refractivity contribution in [3.8, 4) is 5.75 Å². The fourth-order valence-electron chi connectivity index (χ4n) is 3.29. The lowest BCUT2D eigenvalue weighted by Crippen LogP contribution is -2.25. The van der Waals surface area contributed by atoms with Crippen molar-refractivity contribution in [2.24, 2.45) is 23.5 Å². The second-order valence-corrected chi connectivity index (χ2v) is 5.23. The van der Waals surface area contributed by atoms with Gasteiger partial charge in [0, 0.05) is 25.2 Å². The molecule has 1 aromatic rings. The van der Waals surface area contributed by atoms with Crippen LogP contribution in [0.4, 0.5) is 0 Å². The zero-order chi connectivity index (χ0) is 11.8. The first-order valence-electron chi connectivity index (χ1n) is 6.37. The van der Waals surface area contributed by atoms with Gasteiger partial charge in [-0.2, -0.15) is 0 Å². The molecule has 3 heteroatoms. The Morgan fingerprint density at radius 2 is 2.00 bits per heavy atom. The minimum Gasteiger partial charge on any atom is -0.496 e. The van der Waals surface area contributed by atoms with E-state index in [1.807, 2.05) is 12.1 Å². The molecule has 2 N–H and O–H groups in total. The highest BCUT2D eigenvalue weighted by molar-refractivity contribution is 5.33. The molecule has 1 heterocycles. The molecule has 1 saturated heterocycles. The summed E-state index contributed by atoms with van der Waals surface area (Å²) in [6.45, 7) is 4.31. The molecule has 2 atom stereocenters. The Balaban J connectivity index is 1.62. The molecule has 0 radical (unpaired) electrons. The number of likely N-dealkylation sites (tertiary alicyclic amines) is 1. The lowest BCUT2D eigenvalue weighted by atomic mass is 10.1. The Morgan fingerprint density at radius 3 is 2.65 bits per heavy atom. The third-order valence-corrected chi connectivity index (χ3v) is 4.31. The van der Waals surface area contributed by atoms with E-state index in [2.05, 4.69) is 17.0 Å². The summed E-state index contributed by atoms with van der Waals surface area (Å²) in [7, 11) is 1.74. The predicted molar refractivity (Wildman–Crippen MR) is 67.8 cm³/mol. The molecule has 1 aliphatic heterocycles. The first kappa shape index (κ1) is 11.1. The van der Waals surface area contributed by atoms with Gasteiger partial charge in [0.15, 0.2) is 0 Å². The zero-order valence-electron chi connectivity index (χ0n) is 10.3. The number of nitrogens with zero attached hydrogens (tertiary/aromatic N) is 1. The maximum atomic E-state index is 5.73. The van der Waals surface area contributed by atoms with Gasteiger partial charge in [0.05, 0.1) is 7.11 Å². The van der Waals surface area contributed by atoms with Crippen LogP contribution in [0.1, 0.15) is 5.56 Å². The van der Waals surface area contributed by atoms with E-state index < -0.39 is 0 Å². The minimum atomic E-state index is 0.809. The Kier molecular flexibility index (Phi) is 2.81. The highest BCUT2D eigenvalue weighted by Gasteiger charge is 2.54. The Bertz CT molecular complexity index is 395. The van der Waals surface area contributed by atoms with E-state index in [1.165, 1.54) is 18.7 Å². The van der Waals surface area contributed by atoms with Crippen LogP contribution in [0, 0.1) is 17.8 Å². The van der Waals surface area contributed by atoms with Crippen molar-refractivity contribution in [1.29, 1.82) is 0 Å². The van der Waals surface area contributed by atoms with Crippen LogP contribution in [0.2, 0.25) is 0 Å². The van der Waals surface area contributed by atoms with E-state index in [9.17, 15) is 0 Å². The molecule has 0 aromatic heterocycles. The van der Waals surface area contributed by atoms with Crippen LogP contribution in [0.5, 0.6) is 5.75 Å². The summed E-state index contributed by atoms with van der Waals surface area (Å²) in [5, 5.41) is 0. The minimum absolute atomic E-state index is 0.809. The van der Waals surface area contributed by atoms with Crippen LogP contribution in [-0.4, -0.2) is 31.6 Å². The SMILES string of the molecule is COc1ccccc1CN1CC2C(CN)C2C1. The van der Waals surface area contributed by atoms with Gasteiger partial charge in [0.25, 0.3) is 0 Å². The number of benzene rings is 1. The number of fused-ring (bicyclic) bond motifs is 1. The fourth-order valence-corrected chi connectivity index (χ4v) is 3.29. The molecule has 1 aromatic carbocycles. The highest BCUT2D eigenvalue weighted by Crippen LogP contribution is 2.51. The molecule has 0 bridgehead atoms. The molecular weight excluding hydrogens is 212 g/mol. The number of methoxy groups -OCH3 is 1.